The van der Waals surface area contributed by atoms with Crippen LogP contribution in [0.25, 0.3) is 0 Å². The molecule has 0 aromatic carbocycles. The molecule has 5 nitrogen and oxygen atoms in total. The smallest absolute Gasteiger partial charge is 0.417 e. The maximum Gasteiger partial charge on any atom is 0.417 e. The van der Waals surface area contributed by atoms with E-state index in [1.54, 1.807) is 0 Å². The largest absolute Gasteiger partial charge is 0.477 e. The number of halogens is 3. The molecule has 0 radical (unpaired) electrons. The maximum absolute atomic E-state index is 12.3. The summed E-state index contributed by atoms with van der Waals surface area (Å²) in [5.41, 5.74) is -2.37. The molecular weight excluding hydrogens is 263 g/mol. The molecule has 0 saturated heterocycles. The first-order valence-electron chi connectivity index (χ1n) is 4.13. The molecule has 0 amide bonds. The van der Waals surface area contributed by atoms with Crippen LogP contribution < -0.4 is 0 Å². The summed E-state index contributed by atoms with van der Waals surface area (Å²) in [5, 5.41) is 8.63. The Balaban J connectivity index is 3.33. The van der Waals surface area contributed by atoms with Crippen LogP contribution in [0.15, 0.2) is 12.3 Å². The van der Waals surface area contributed by atoms with Gasteiger partial charge in [-0.2, -0.15) is 13.2 Å². The molecule has 0 saturated carbocycles. The van der Waals surface area contributed by atoms with Crippen molar-refractivity contribution in [2.24, 2.45) is 0 Å². The average Bonchev–Trinajstić information content (AvgIpc) is 2.14. The van der Waals surface area contributed by atoms with Crippen molar-refractivity contribution in [2.45, 2.75) is 11.9 Å². The fourth-order valence-corrected chi connectivity index (χ4v) is 1.64. The van der Waals surface area contributed by atoms with E-state index >= 15 is 0 Å². The second-order valence-electron chi connectivity index (χ2n) is 3.03. The predicted octanol–water partition coefficient (Wildman–Crippen LogP) is 0.910. The summed E-state index contributed by atoms with van der Waals surface area (Å²) in [7, 11) is -3.04. The second kappa shape index (κ2) is 4.70. The van der Waals surface area contributed by atoms with Crippen molar-refractivity contribution < 1.29 is 31.5 Å². The van der Waals surface area contributed by atoms with Crippen LogP contribution in [0.3, 0.4) is 0 Å². The molecule has 0 bridgehead atoms. The Morgan fingerprint density at radius 3 is 2.41 bits per heavy atom. The Labute approximate surface area is 94.9 Å². The minimum atomic E-state index is -4.70. The van der Waals surface area contributed by atoms with Gasteiger partial charge in [-0.05, 0) is 6.07 Å². The first kappa shape index (κ1) is 13.4. The third-order valence-corrected chi connectivity index (χ3v) is 2.39. The van der Waals surface area contributed by atoms with E-state index in [1.165, 1.54) is 0 Å². The highest BCUT2D eigenvalue weighted by Crippen LogP contribution is 2.29. The highest BCUT2D eigenvalue weighted by molar-refractivity contribution is 7.71. The van der Waals surface area contributed by atoms with Gasteiger partial charge in [0.25, 0.3) is 0 Å². The van der Waals surface area contributed by atoms with Crippen LogP contribution in [-0.2, 0) is 22.6 Å². The van der Waals surface area contributed by atoms with E-state index in [2.05, 4.69) is 4.98 Å². The lowest BCUT2D eigenvalue weighted by molar-refractivity contribution is -0.137. The molecule has 0 atom stereocenters. The third kappa shape index (κ3) is 3.41. The maximum atomic E-state index is 12.3. The number of carbonyl (C=O) groups is 1. The average molecular weight is 269 g/mol. The van der Waals surface area contributed by atoms with Crippen molar-refractivity contribution in [1.29, 1.82) is 0 Å². The molecule has 1 aromatic heterocycles. The van der Waals surface area contributed by atoms with Gasteiger partial charge >= 0.3 is 12.1 Å². The minimum Gasteiger partial charge on any atom is -0.477 e. The summed E-state index contributed by atoms with van der Waals surface area (Å²) in [4.78, 5) is 13.7. The molecule has 17 heavy (non-hydrogen) atoms. The van der Waals surface area contributed by atoms with Crippen LogP contribution in [0.4, 0.5) is 13.2 Å². The number of thiol groups is 1. The highest BCUT2D eigenvalue weighted by Gasteiger charge is 2.32. The van der Waals surface area contributed by atoms with Crippen molar-refractivity contribution in [3.05, 3.63) is 29.1 Å². The van der Waals surface area contributed by atoms with Gasteiger partial charge in [-0.15, -0.1) is 0 Å². The first-order chi connectivity index (χ1) is 7.71. The Morgan fingerprint density at radius 1 is 1.41 bits per heavy atom. The third-order valence-electron chi connectivity index (χ3n) is 1.80. The number of pyridine rings is 1. The summed E-state index contributed by atoms with van der Waals surface area (Å²) in [5.74, 6) is -2.38. The Hall–Kier alpha value is -1.64. The summed E-state index contributed by atoms with van der Waals surface area (Å²) in [6, 6.07) is 0.474. The number of aromatic carboxylic acids is 1. The molecular formula is C8H6F3NO4S. The Morgan fingerprint density at radius 2 is 2.00 bits per heavy atom. The number of hydrogen-bond acceptors (Lipinski definition) is 4. The molecule has 1 heterocycles. The van der Waals surface area contributed by atoms with Crippen LogP contribution in [0, 0.1) is 0 Å². The number of aromatic nitrogens is 1. The quantitative estimate of drug-likeness (QED) is 0.797. The fourth-order valence-electron chi connectivity index (χ4n) is 1.12. The van der Waals surface area contributed by atoms with Gasteiger partial charge in [-0.3, -0.25) is 0 Å². The first-order valence-corrected chi connectivity index (χ1v) is 5.49. The van der Waals surface area contributed by atoms with E-state index in [0.717, 1.165) is 0 Å². The minimum absolute atomic E-state index is 0.352. The molecule has 9 heteroatoms. The lowest BCUT2D eigenvalue weighted by Gasteiger charge is -2.08. The molecule has 1 N–H and O–H groups in total. The summed E-state index contributed by atoms with van der Waals surface area (Å²) in [6.07, 6.45) is -4.35. The SMILES string of the molecule is O=C(O)c1ncc(C(F)(F)F)cc1C[SH](=O)=O. The highest BCUT2D eigenvalue weighted by atomic mass is 32.2. The molecule has 0 spiro atoms. The van der Waals surface area contributed by atoms with Crippen molar-refractivity contribution in [1.82, 2.24) is 4.98 Å². The summed E-state index contributed by atoms with van der Waals surface area (Å²) < 4.78 is 57.8. The zero-order valence-corrected chi connectivity index (χ0v) is 8.96. The number of rotatable bonds is 3. The van der Waals surface area contributed by atoms with E-state index in [9.17, 15) is 26.4 Å². The second-order valence-corrected chi connectivity index (χ2v) is 4.01. The molecule has 0 aliphatic carbocycles. The summed E-state index contributed by atoms with van der Waals surface area (Å²) in [6.45, 7) is 0. The lowest BCUT2D eigenvalue weighted by atomic mass is 10.1. The van der Waals surface area contributed by atoms with E-state index in [-0.39, 0.29) is 0 Å². The Bertz CT molecular complexity index is 516. The number of carboxylic acids is 1. The van der Waals surface area contributed by atoms with Crippen molar-refractivity contribution in [2.75, 3.05) is 0 Å². The van der Waals surface area contributed by atoms with Crippen LogP contribution in [0.1, 0.15) is 21.6 Å². The van der Waals surface area contributed by atoms with E-state index in [0.29, 0.717) is 12.3 Å². The van der Waals surface area contributed by atoms with E-state index in [4.69, 9.17) is 5.11 Å². The Kier molecular flexibility index (Phi) is 3.71. The van der Waals surface area contributed by atoms with E-state index in [1.807, 2.05) is 0 Å². The number of carboxylic acid groups (broad SMARTS) is 1. The topological polar surface area (TPSA) is 84.3 Å². The van der Waals surface area contributed by atoms with Gasteiger partial charge in [-0.1, -0.05) is 0 Å². The van der Waals surface area contributed by atoms with E-state index < -0.39 is 45.4 Å². The molecule has 0 aliphatic rings. The predicted molar refractivity (Wildman–Crippen MR) is 50.2 cm³/mol. The monoisotopic (exact) mass is 269 g/mol. The standard InChI is InChI=1S/C8H6F3NO4S/c9-8(10,11)5-1-4(3-17(15)16)6(7(13)14)12-2-5/h1-2,17H,3H2,(H,13,14). The van der Waals surface area contributed by atoms with Crippen molar-refractivity contribution in [3.63, 3.8) is 0 Å². The zero-order chi connectivity index (χ0) is 13.2. The molecule has 0 unspecified atom stereocenters. The molecule has 1 aromatic rings. The summed E-state index contributed by atoms with van der Waals surface area (Å²) >= 11 is 0. The van der Waals surface area contributed by atoms with Crippen LogP contribution in [-0.4, -0.2) is 24.5 Å². The zero-order valence-electron chi connectivity index (χ0n) is 8.06. The molecule has 0 aliphatic heterocycles. The fraction of sp³-hybridized carbons (Fsp3) is 0.250. The van der Waals surface area contributed by atoms with Gasteiger partial charge in [0.2, 0.25) is 0 Å². The lowest BCUT2D eigenvalue weighted by Crippen LogP contribution is -2.12. The van der Waals surface area contributed by atoms with Gasteiger partial charge in [-0.25, -0.2) is 18.2 Å². The van der Waals surface area contributed by atoms with Crippen LogP contribution in [0.2, 0.25) is 0 Å². The van der Waals surface area contributed by atoms with Crippen molar-refractivity contribution >= 4 is 16.7 Å². The van der Waals surface area contributed by atoms with Crippen LogP contribution in [0.5, 0.6) is 0 Å². The number of nitrogens with zero attached hydrogens (tertiary/aromatic N) is 1. The van der Waals surface area contributed by atoms with Crippen molar-refractivity contribution in [3.8, 4) is 0 Å². The number of alkyl halides is 3. The van der Waals surface area contributed by atoms with Gasteiger partial charge in [0.15, 0.2) is 5.69 Å². The molecule has 1 rings (SSSR count). The van der Waals surface area contributed by atoms with Gasteiger partial charge in [0, 0.05) is 11.8 Å². The van der Waals surface area contributed by atoms with Gasteiger partial charge in [0.05, 0.1) is 11.3 Å². The number of hydrogen-bond donors (Lipinski definition) is 2. The van der Waals surface area contributed by atoms with Gasteiger partial charge < -0.3 is 5.11 Å². The normalized spacial score (nSPS) is 11.8. The van der Waals surface area contributed by atoms with Crippen LogP contribution >= 0.6 is 0 Å². The van der Waals surface area contributed by atoms with Gasteiger partial charge in [0.1, 0.15) is 10.7 Å². The molecule has 0 fully saturated rings. The molecule has 94 valence electrons.